The zero-order chi connectivity index (χ0) is 23.0. The molecule has 0 atom stereocenters. The van der Waals surface area contributed by atoms with Gasteiger partial charge in [-0.2, -0.15) is 0 Å². The number of carbonyl (C=O) groups excluding carboxylic acids is 1. The number of Topliss-reactive ketones (excluding diaryl/α,β-unsaturated/α-hetero) is 1. The Morgan fingerprint density at radius 1 is 0.970 bits per heavy atom. The van der Waals surface area contributed by atoms with E-state index in [4.69, 9.17) is 9.47 Å². The predicted octanol–water partition coefficient (Wildman–Crippen LogP) is 5.28. The number of ether oxygens (including phenoxy) is 2. The average molecular weight is 449 g/mol. The molecule has 2 aromatic carbocycles. The number of aromatic nitrogens is 4. The second kappa shape index (κ2) is 11.1. The maximum absolute atomic E-state index is 12.7. The SMILES string of the molecule is Cc1c(OCCCCOc2ccc(-n3cnnn3)cc2)ccc(C(=O)CC2CCCC2)c1C. The third-order valence-corrected chi connectivity index (χ3v) is 6.50. The molecule has 0 aliphatic heterocycles. The van der Waals surface area contributed by atoms with E-state index in [9.17, 15) is 4.79 Å². The lowest BCUT2D eigenvalue weighted by Crippen LogP contribution is -2.09. The molecule has 7 nitrogen and oxygen atoms in total. The number of unbranched alkanes of at least 4 members (excludes halogenated alkanes) is 1. The van der Waals surface area contributed by atoms with Crippen molar-refractivity contribution in [2.45, 2.75) is 58.8 Å². The van der Waals surface area contributed by atoms with Gasteiger partial charge in [-0.1, -0.05) is 25.7 Å². The molecule has 3 aromatic rings. The summed E-state index contributed by atoms with van der Waals surface area (Å²) < 4.78 is 13.4. The molecule has 174 valence electrons. The fourth-order valence-electron chi connectivity index (χ4n) is 4.39. The highest BCUT2D eigenvalue weighted by Crippen LogP contribution is 2.31. The van der Waals surface area contributed by atoms with E-state index >= 15 is 0 Å². The monoisotopic (exact) mass is 448 g/mol. The number of tetrazole rings is 1. The molecule has 1 aliphatic rings. The molecule has 1 aromatic heterocycles. The van der Waals surface area contributed by atoms with E-state index in [-0.39, 0.29) is 5.78 Å². The van der Waals surface area contributed by atoms with E-state index in [0.717, 1.165) is 46.7 Å². The smallest absolute Gasteiger partial charge is 0.163 e. The number of hydrogen-bond acceptors (Lipinski definition) is 6. The molecule has 1 saturated carbocycles. The highest BCUT2D eigenvalue weighted by Gasteiger charge is 2.21. The minimum absolute atomic E-state index is 0.275. The molecular weight excluding hydrogens is 416 g/mol. The van der Waals surface area contributed by atoms with Crippen molar-refractivity contribution in [3.63, 3.8) is 0 Å². The van der Waals surface area contributed by atoms with Crippen LogP contribution in [0, 0.1) is 19.8 Å². The van der Waals surface area contributed by atoms with E-state index in [2.05, 4.69) is 15.5 Å². The van der Waals surface area contributed by atoms with E-state index in [1.165, 1.54) is 25.7 Å². The van der Waals surface area contributed by atoms with E-state index < -0.39 is 0 Å². The minimum atomic E-state index is 0.275. The van der Waals surface area contributed by atoms with Gasteiger partial charge in [0.15, 0.2) is 5.78 Å². The zero-order valence-corrected chi connectivity index (χ0v) is 19.5. The summed E-state index contributed by atoms with van der Waals surface area (Å²) >= 11 is 0. The molecule has 33 heavy (non-hydrogen) atoms. The van der Waals surface area contributed by atoms with Crippen molar-refractivity contribution < 1.29 is 14.3 Å². The van der Waals surface area contributed by atoms with Gasteiger partial charge in [0.05, 0.1) is 18.9 Å². The van der Waals surface area contributed by atoms with Crippen LogP contribution in [0.3, 0.4) is 0 Å². The van der Waals surface area contributed by atoms with Crippen LogP contribution in [0.5, 0.6) is 11.5 Å². The molecule has 0 bridgehead atoms. The summed E-state index contributed by atoms with van der Waals surface area (Å²) in [7, 11) is 0. The van der Waals surface area contributed by atoms with Gasteiger partial charge in [-0.3, -0.25) is 4.79 Å². The van der Waals surface area contributed by atoms with Gasteiger partial charge in [0.2, 0.25) is 0 Å². The lowest BCUT2D eigenvalue weighted by atomic mass is 9.92. The van der Waals surface area contributed by atoms with Gasteiger partial charge in [0.1, 0.15) is 17.8 Å². The van der Waals surface area contributed by atoms with Gasteiger partial charge in [-0.25, -0.2) is 4.68 Å². The van der Waals surface area contributed by atoms with Crippen molar-refractivity contribution >= 4 is 5.78 Å². The van der Waals surface area contributed by atoms with Crippen LogP contribution in [-0.2, 0) is 0 Å². The number of carbonyl (C=O) groups is 1. The molecule has 7 heteroatoms. The van der Waals surface area contributed by atoms with Crippen LogP contribution in [-0.4, -0.2) is 39.2 Å². The molecule has 1 aliphatic carbocycles. The van der Waals surface area contributed by atoms with Crippen LogP contribution >= 0.6 is 0 Å². The average Bonchev–Trinajstić information content (AvgIpc) is 3.54. The Morgan fingerprint density at radius 2 is 1.70 bits per heavy atom. The minimum Gasteiger partial charge on any atom is -0.494 e. The molecule has 0 amide bonds. The molecular formula is C26H32N4O3. The lowest BCUT2D eigenvalue weighted by molar-refractivity contribution is 0.0961. The topological polar surface area (TPSA) is 79.1 Å². The molecule has 1 heterocycles. The molecule has 0 spiro atoms. The Morgan fingerprint density at radius 3 is 2.39 bits per heavy atom. The maximum Gasteiger partial charge on any atom is 0.163 e. The van der Waals surface area contributed by atoms with Crippen molar-refractivity contribution in [3.05, 3.63) is 59.4 Å². The summed E-state index contributed by atoms with van der Waals surface area (Å²) in [6.07, 6.45) is 8.95. The summed E-state index contributed by atoms with van der Waals surface area (Å²) in [5.41, 5.74) is 3.85. The lowest BCUT2D eigenvalue weighted by Gasteiger charge is -2.15. The molecule has 0 radical (unpaired) electrons. The molecule has 1 fully saturated rings. The van der Waals surface area contributed by atoms with Crippen LogP contribution in [0.15, 0.2) is 42.7 Å². The first-order chi connectivity index (χ1) is 16.1. The standard InChI is InChI=1S/C26H32N4O3/c1-19-20(2)26(14-13-24(19)25(31)17-21-7-3-4-8-21)33-16-6-5-15-32-23-11-9-22(10-12-23)30-18-27-28-29-30/h9-14,18,21H,3-8,15-17H2,1-2H3. The normalized spacial score (nSPS) is 13.9. The van der Waals surface area contributed by atoms with Gasteiger partial charge in [-0.15, -0.1) is 5.10 Å². The largest absolute Gasteiger partial charge is 0.494 e. The second-order valence-corrected chi connectivity index (χ2v) is 8.79. The number of ketones is 1. The first-order valence-corrected chi connectivity index (χ1v) is 11.8. The van der Waals surface area contributed by atoms with Crippen LogP contribution in [0.25, 0.3) is 5.69 Å². The molecule has 0 saturated heterocycles. The van der Waals surface area contributed by atoms with E-state index in [0.29, 0.717) is 25.6 Å². The predicted molar refractivity (Wildman–Crippen MR) is 126 cm³/mol. The fourth-order valence-corrected chi connectivity index (χ4v) is 4.39. The molecule has 0 unspecified atom stereocenters. The summed E-state index contributed by atoms with van der Waals surface area (Å²) in [5.74, 6) is 2.53. The number of nitrogens with zero attached hydrogens (tertiary/aromatic N) is 4. The summed E-state index contributed by atoms with van der Waals surface area (Å²) in [6.45, 7) is 5.32. The van der Waals surface area contributed by atoms with Crippen molar-refractivity contribution in [1.82, 2.24) is 20.2 Å². The van der Waals surface area contributed by atoms with Gasteiger partial charge >= 0.3 is 0 Å². The molecule has 4 rings (SSSR count). The molecule has 0 N–H and O–H groups in total. The Hall–Kier alpha value is -3.22. The zero-order valence-electron chi connectivity index (χ0n) is 19.5. The summed E-state index contributed by atoms with van der Waals surface area (Å²) in [4.78, 5) is 12.7. The van der Waals surface area contributed by atoms with Gasteiger partial charge in [0, 0.05) is 12.0 Å². The van der Waals surface area contributed by atoms with E-state index in [1.54, 1.807) is 11.0 Å². The first kappa shape index (κ1) is 23.0. The van der Waals surface area contributed by atoms with E-state index in [1.807, 2.05) is 50.2 Å². The summed E-state index contributed by atoms with van der Waals surface area (Å²) in [6, 6.07) is 11.6. The van der Waals surface area contributed by atoms with Crippen LogP contribution in [0.2, 0.25) is 0 Å². The highest BCUT2D eigenvalue weighted by molar-refractivity contribution is 5.98. The quantitative estimate of drug-likeness (QED) is 0.293. The Bertz CT molecular complexity index is 1040. The Balaban J connectivity index is 1.19. The number of benzene rings is 2. The van der Waals surface area contributed by atoms with Gasteiger partial charge < -0.3 is 9.47 Å². The Labute approximate surface area is 195 Å². The van der Waals surface area contributed by atoms with Gasteiger partial charge in [0.25, 0.3) is 0 Å². The third-order valence-electron chi connectivity index (χ3n) is 6.50. The van der Waals surface area contributed by atoms with Crippen molar-refractivity contribution in [2.75, 3.05) is 13.2 Å². The number of hydrogen-bond donors (Lipinski definition) is 0. The first-order valence-electron chi connectivity index (χ1n) is 11.8. The highest BCUT2D eigenvalue weighted by atomic mass is 16.5. The summed E-state index contributed by atoms with van der Waals surface area (Å²) in [5, 5.41) is 11.1. The van der Waals surface area contributed by atoms with Crippen LogP contribution in [0.4, 0.5) is 0 Å². The van der Waals surface area contributed by atoms with Gasteiger partial charge in [-0.05, 0) is 90.6 Å². The fraction of sp³-hybridized carbons (Fsp3) is 0.462. The Kier molecular flexibility index (Phi) is 7.70. The third kappa shape index (κ3) is 5.97. The number of rotatable bonds is 11. The van der Waals surface area contributed by atoms with Crippen LogP contribution < -0.4 is 9.47 Å². The van der Waals surface area contributed by atoms with Crippen molar-refractivity contribution in [2.24, 2.45) is 5.92 Å². The second-order valence-electron chi connectivity index (χ2n) is 8.79. The maximum atomic E-state index is 12.7. The van der Waals surface area contributed by atoms with Crippen molar-refractivity contribution in [1.29, 1.82) is 0 Å². The van der Waals surface area contributed by atoms with Crippen molar-refractivity contribution in [3.8, 4) is 17.2 Å². The van der Waals surface area contributed by atoms with Crippen LogP contribution in [0.1, 0.15) is 66.4 Å².